The summed E-state index contributed by atoms with van der Waals surface area (Å²) in [6.45, 7) is 3.83. The van der Waals surface area contributed by atoms with Gasteiger partial charge in [-0.3, -0.25) is 0 Å². The van der Waals surface area contributed by atoms with E-state index in [0.717, 1.165) is 27.7 Å². The van der Waals surface area contributed by atoms with Gasteiger partial charge in [0.05, 0.1) is 21.8 Å². The fraction of sp³-hybridized carbons (Fsp3) is 0.294. The van der Waals surface area contributed by atoms with Crippen LogP contribution in [-0.2, 0) is 22.9 Å². The smallest absolute Gasteiger partial charge is 0.245 e. The molecular weight excluding hydrogens is 374 g/mol. The van der Waals surface area contributed by atoms with Crippen LogP contribution in [0.5, 0.6) is 0 Å². The first kappa shape index (κ1) is 18.2. The minimum Gasteiger partial charge on any atom is -0.245 e. The third-order valence-corrected chi connectivity index (χ3v) is 6.97. The third-order valence-electron chi connectivity index (χ3n) is 3.68. The third kappa shape index (κ3) is 4.52. The molecule has 0 aliphatic rings. The van der Waals surface area contributed by atoms with Crippen molar-refractivity contribution in [1.82, 2.24) is 14.7 Å². The normalized spacial score (nSPS) is 13.0. The second-order valence-corrected chi connectivity index (χ2v) is 9.25. The minimum atomic E-state index is -3.69. The van der Waals surface area contributed by atoms with Crippen LogP contribution in [0.4, 0.5) is 0 Å². The van der Waals surface area contributed by atoms with Gasteiger partial charge < -0.3 is 0 Å². The molecule has 0 saturated heterocycles. The predicted octanol–water partition coefficient (Wildman–Crippen LogP) is 3.73. The van der Waals surface area contributed by atoms with E-state index in [1.807, 2.05) is 42.6 Å². The summed E-state index contributed by atoms with van der Waals surface area (Å²) in [5.74, 6) is 0. The highest BCUT2D eigenvalue weighted by atomic mass is 32.2. The Kier molecular flexibility index (Phi) is 5.63. The van der Waals surface area contributed by atoms with Gasteiger partial charge in [-0.05, 0) is 25.3 Å². The summed E-state index contributed by atoms with van der Waals surface area (Å²) in [5.41, 5.74) is 1.80. The van der Waals surface area contributed by atoms with Crippen molar-refractivity contribution in [1.29, 1.82) is 0 Å². The molecule has 1 atom stereocenters. The number of rotatable bonds is 7. The molecule has 1 aromatic carbocycles. The minimum absolute atomic E-state index is 0.0685. The monoisotopic (exact) mass is 393 g/mol. The van der Waals surface area contributed by atoms with Gasteiger partial charge in [0.1, 0.15) is 0 Å². The lowest BCUT2D eigenvalue weighted by Gasteiger charge is -2.16. The lowest BCUT2D eigenvalue weighted by Crippen LogP contribution is -2.30. The van der Waals surface area contributed by atoms with E-state index in [0.29, 0.717) is 6.42 Å². The maximum Gasteiger partial charge on any atom is 0.259 e. The summed E-state index contributed by atoms with van der Waals surface area (Å²) in [6.07, 6.45) is 1.37. The number of aromatic nitrogens is 2. The van der Waals surface area contributed by atoms with Crippen LogP contribution in [0, 0.1) is 6.92 Å². The average Bonchev–Trinajstić information content (AvgIpc) is 3.24. The molecule has 1 N–H and O–H groups in total. The maximum atomic E-state index is 12.7. The molecule has 3 rings (SSSR count). The van der Waals surface area contributed by atoms with Crippen molar-refractivity contribution in [2.45, 2.75) is 37.8 Å². The van der Waals surface area contributed by atoms with E-state index in [-0.39, 0.29) is 5.03 Å². The van der Waals surface area contributed by atoms with Crippen LogP contribution in [0.15, 0.2) is 46.1 Å². The summed E-state index contributed by atoms with van der Waals surface area (Å²) in [7, 11) is -3.69. The zero-order valence-corrected chi connectivity index (χ0v) is 16.4. The number of hydrogen-bond donors (Lipinski definition) is 1. The van der Waals surface area contributed by atoms with Crippen molar-refractivity contribution in [2.24, 2.45) is 0 Å². The maximum absolute atomic E-state index is 12.7. The van der Waals surface area contributed by atoms with Crippen LogP contribution >= 0.6 is 22.7 Å². The van der Waals surface area contributed by atoms with E-state index in [4.69, 9.17) is 0 Å². The van der Waals surface area contributed by atoms with Crippen molar-refractivity contribution in [3.8, 4) is 0 Å². The van der Waals surface area contributed by atoms with E-state index >= 15 is 0 Å². The van der Waals surface area contributed by atoms with Gasteiger partial charge in [-0.1, -0.05) is 37.3 Å². The van der Waals surface area contributed by atoms with Gasteiger partial charge in [-0.25, -0.2) is 23.1 Å². The number of sulfonamides is 1. The Bertz CT molecular complexity index is 933. The molecule has 2 heterocycles. The lowest BCUT2D eigenvalue weighted by atomic mass is 10.1. The van der Waals surface area contributed by atoms with Gasteiger partial charge in [-0.2, -0.15) is 0 Å². The number of hydrogen-bond acceptors (Lipinski definition) is 6. The van der Waals surface area contributed by atoms with Crippen molar-refractivity contribution in [3.05, 3.63) is 62.4 Å². The van der Waals surface area contributed by atoms with Crippen molar-refractivity contribution >= 4 is 32.7 Å². The predicted molar refractivity (Wildman–Crippen MR) is 102 cm³/mol. The van der Waals surface area contributed by atoms with E-state index in [2.05, 4.69) is 14.7 Å². The van der Waals surface area contributed by atoms with E-state index in [9.17, 15) is 8.42 Å². The van der Waals surface area contributed by atoms with E-state index < -0.39 is 16.1 Å². The molecule has 8 heteroatoms. The Morgan fingerprint density at radius 2 is 1.88 bits per heavy atom. The van der Waals surface area contributed by atoms with E-state index in [1.54, 1.807) is 23.6 Å². The summed E-state index contributed by atoms with van der Waals surface area (Å²) in [6, 6.07) is 9.39. The van der Waals surface area contributed by atoms with Gasteiger partial charge in [0, 0.05) is 10.8 Å². The molecule has 5 nitrogen and oxygen atoms in total. The van der Waals surface area contributed by atoms with Gasteiger partial charge in [-0.15, -0.1) is 22.7 Å². The molecule has 0 bridgehead atoms. The number of nitrogens with one attached hydrogen (secondary N) is 1. The average molecular weight is 394 g/mol. The van der Waals surface area contributed by atoms with Crippen LogP contribution in [-0.4, -0.2) is 18.4 Å². The van der Waals surface area contributed by atoms with Crippen LogP contribution in [0.2, 0.25) is 0 Å². The first-order valence-corrected chi connectivity index (χ1v) is 11.1. The van der Waals surface area contributed by atoms with E-state index in [1.165, 1.54) is 11.3 Å². The Hall–Kier alpha value is -1.61. The standard InChI is InChI=1S/C17H19N3O2S3/c1-3-16-19-15(10-24-16)14(9-13-7-5-4-6-8-13)20-25(21,22)17-11-23-12(2)18-17/h4-8,10-11,14,20H,3,9H2,1-2H3/t14-/m0/s1. The van der Waals surface area contributed by atoms with Crippen LogP contribution in [0.25, 0.3) is 0 Å². The molecule has 0 saturated carbocycles. The van der Waals surface area contributed by atoms with Crippen molar-refractivity contribution in [2.75, 3.05) is 0 Å². The van der Waals surface area contributed by atoms with Crippen molar-refractivity contribution < 1.29 is 8.42 Å². The molecule has 0 unspecified atom stereocenters. The molecule has 3 aromatic rings. The Balaban J connectivity index is 1.90. The largest absolute Gasteiger partial charge is 0.259 e. The van der Waals surface area contributed by atoms with Crippen LogP contribution < -0.4 is 4.72 Å². The molecule has 0 amide bonds. The fourth-order valence-corrected chi connectivity index (χ4v) is 5.36. The Labute approximate surface area is 155 Å². The van der Waals surface area contributed by atoms with Crippen LogP contribution in [0.3, 0.4) is 0 Å². The molecule has 25 heavy (non-hydrogen) atoms. The summed E-state index contributed by atoms with van der Waals surface area (Å²) >= 11 is 2.88. The summed E-state index contributed by atoms with van der Waals surface area (Å²) < 4.78 is 28.2. The second kappa shape index (κ2) is 7.74. The number of benzene rings is 1. The number of thiazole rings is 2. The number of aryl methyl sites for hydroxylation is 2. The summed E-state index contributed by atoms with van der Waals surface area (Å²) in [4.78, 5) is 8.69. The molecular formula is C17H19N3O2S3. The molecule has 0 aliphatic carbocycles. The van der Waals surface area contributed by atoms with Gasteiger partial charge in [0.2, 0.25) is 0 Å². The fourth-order valence-electron chi connectivity index (χ4n) is 2.42. The molecule has 0 spiro atoms. The SMILES string of the molecule is CCc1nc([C@H](Cc2ccccc2)NS(=O)(=O)c2csc(C)n2)cs1. The van der Waals surface area contributed by atoms with Gasteiger partial charge >= 0.3 is 0 Å². The zero-order chi connectivity index (χ0) is 17.9. The molecule has 2 aromatic heterocycles. The molecule has 0 radical (unpaired) electrons. The second-order valence-electron chi connectivity index (χ2n) is 5.59. The number of nitrogens with zero attached hydrogens (tertiary/aromatic N) is 2. The topological polar surface area (TPSA) is 72.0 Å². The highest BCUT2D eigenvalue weighted by molar-refractivity contribution is 7.89. The van der Waals surface area contributed by atoms with Gasteiger partial charge in [0.15, 0.2) is 5.03 Å². The van der Waals surface area contributed by atoms with Gasteiger partial charge in [0.25, 0.3) is 10.0 Å². The molecule has 132 valence electrons. The molecule has 0 fully saturated rings. The quantitative estimate of drug-likeness (QED) is 0.664. The van der Waals surface area contributed by atoms with Crippen molar-refractivity contribution in [3.63, 3.8) is 0 Å². The highest BCUT2D eigenvalue weighted by Crippen LogP contribution is 2.24. The van der Waals surface area contributed by atoms with Crippen LogP contribution in [0.1, 0.15) is 34.2 Å². The Morgan fingerprint density at radius 3 is 2.48 bits per heavy atom. The first-order valence-electron chi connectivity index (χ1n) is 7.90. The summed E-state index contributed by atoms with van der Waals surface area (Å²) in [5, 5.41) is 5.29. The Morgan fingerprint density at radius 1 is 1.12 bits per heavy atom. The highest BCUT2D eigenvalue weighted by Gasteiger charge is 2.25. The first-order chi connectivity index (χ1) is 12.0. The lowest BCUT2D eigenvalue weighted by molar-refractivity contribution is 0.547. The molecule has 0 aliphatic heterocycles. The zero-order valence-electron chi connectivity index (χ0n) is 14.0.